The van der Waals surface area contributed by atoms with Gasteiger partial charge >= 0.3 is 5.97 Å². The molecular formula is C23H16Cl2O4. The summed E-state index contributed by atoms with van der Waals surface area (Å²) in [6.45, 7) is 0. The minimum absolute atomic E-state index is 0.228. The maximum Gasteiger partial charge on any atom is 0.343 e. The van der Waals surface area contributed by atoms with Crippen LogP contribution in [0.2, 0.25) is 10.0 Å². The zero-order valence-electron chi connectivity index (χ0n) is 15.4. The molecular weight excluding hydrogens is 411 g/mol. The van der Waals surface area contributed by atoms with Crippen LogP contribution in [0.1, 0.15) is 26.3 Å². The summed E-state index contributed by atoms with van der Waals surface area (Å²) in [7, 11) is 1.55. The monoisotopic (exact) mass is 426 g/mol. The van der Waals surface area contributed by atoms with E-state index in [1.165, 1.54) is 6.08 Å². The highest BCUT2D eigenvalue weighted by Crippen LogP contribution is 2.25. The van der Waals surface area contributed by atoms with E-state index in [0.717, 1.165) is 0 Å². The van der Waals surface area contributed by atoms with Crippen LogP contribution in [0.3, 0.4) is 0 Å². The third-order valence-electron chi connectivity index (χ3n) is 4.08. The van der Waals surface area contributed by atoms with E-state index in [4.69, 9.17) is 32.7 Å². The minimum atomic E-state index is -0.500. The van der Waals surface area contributed by atoms with Gasteiger partial charge < -0.3 is 9.47 Å². The fraction of sp³-hybridized carbons (Fsp3) is 0.0435. The first kappa shape index (κ1) is 20.6. The van der Waals surface area contributed by atoms with Crippen molar-refractivity contribution in [2.24, 2.45) is 0 Å². The van der Waals surface area contributed by atoms with Crippen LogP contribution in [0, 0.1) is 0 Å². The fourth-order valence-corrected chi connectivity index (χ4v) is 3.03. The molecule has 0 bridgehead atoms. The molecule has 0 atom stereocenters. The molecule has 0 aliphatic rings. The Kier molecular flexibility index (Phi) is 6.70. The van der Waals surface area contributed by atoms with E-state index in [-0.39, 0.29) is 5.78 Å². The Hall–Kier alpha value is -3.08. The number of ketones is 1. The van der Waals surface area contributed by atoms with E-state index in [0.29, 0.717) is 38.2 Å². The molecule has 0 saturated heterocycles. The smallest absolute Gasteiger partial charge is 0.343 e. The van der Waals surface area contributed by atoms with Crippen LogP contribution in [0.5, 0.6) is 11.5 Å². The van der Waals surface area contributed by atoms with E-state index in [1.54, 1.807) is 79.9 Å². The van der Waals surface area contributed by atoms with Gasteiger partial charge in [-0.15, -0.1) is 0 Å². The molecule has 0 spiro atoms. The van der Waals surface area contributed by atoms with E-state index >= 15 is 0 Å². The molecule has 0 heterocycles. The quantitative estimate of drug-likeness (QED) is 0.206. The molecule has 0 aliphatic carbocycles. The van der Waals surface area contributed by atoms with Gasteiger partial charge in [0.25, 0.3) is 0 Å². The van der Waals surface area contributed by atoms with E-state index < -0.39 is 5.97 Å². The van der Waals surface area contributed by atoms with Crippen molar-refractivity contribution in [3.05, 3.63) is 99.5 Å². The molecule has 0 fully saturated rings. The highest BCUT2D eigenvalue weighted by Gasteiger charge is 2.10. The van der Waals surface area contributed by atoms with Gasteiger partial charge in [0, 0.05) is 21.2 Å². The second-order valence-corrected chi connectivity index (χ2v) is 6.79. The first-order chi connectivity index (χ1) is 14.0. The molecule has 0 aliphatic heterocycles. The number of ether oxygens (including phenoxy) is 2. The van der Waals surface area contributed by atoms with Crippen molar-refractivity contribution >= 4 is 41.0 Å². The number of allylic oxidation sites excluding steroid dienone is 1. The van der Waals surface area contributed by atoms with Gasteiger partial charge in [-0.1, -0.05) is 29.3 Å². The van der Waals surface area contributed by atoms with Gasteiger partial charge in [0.05, 0.1) is 12.7 Å². The van der Waals surface area contributed by atoms with Crippen LogP contribution in [-0.2, 0) is 0 Å². The van der Waals surface area contributed by atoms with E-state index in [1.807, 2.05) is 0 Å². The van der Waals surface area contributed by atoms with Crippen molar-refractivity contribution < 1.29 is 19.1 Å². The van der Waals surface area contributed by atoms with Gasteiger partial charge in [-0.3, -0.25) is 4.79 Å². The number of rotatable bonds is 6. The number of halogens is 2. The number of carbonyl (C=O) groups excluding carboxylic acids is 2. The maximum absolute atomic E-state index is 12.4. The number of hydrogen-bond acceptors (Lipinski definition) is 4. The molecule has 0 radical (unpaired) electrons. The lowest BCUT2D eigenvalue weighted by Gasteiger charge is -2.06. The number of methoxy groups -OCH3 is 1. The predicted molar refractivity (Wildman–Crippen MR) is 114 cm³/mol. The average molecular weight is 427 g/mol. The van der Waals surface area contributed by atoms with Crippen molar-refractivity contribution in [2.75, 3.05) is 7.11 Å². The van der Waals surface area contributed by atoms with E-state index in [9.17, 15) is 9.59 Å². The van der Waals surface area contributed by atoms with E-state index in [2.05, 4.69) is 0 Å². The molecule has 4 nitrogen and oxygen atoms in total. The molecule has 0 saturated carbocycles. The Balaban J connectivity index is 1.66. The van der Waals surface area contributed by atoms with Crippen molar-refractivity contribution in [3.63, 3.8) is 0 Å². The largest absolute Gasteiger partial charge is 0.497 e. The normalized spacial score (nSPS) is 10.7. The van der Waals surface area contributed by atoms with Crippen LogP contribution < -0.4 is 9.47 Å². The van der Waals surface area contributed by atoms with Crippen molar-refractivity contribution in [3.8, 4) is 11.5 Å². The molecule has 146 valence electrons. The number of carbonyl (C=O) groups is 2. The molecule has 0 amide bonds. The van der Waals surface area contributed by atoms with Crippen LogP contribution in [0.15, 0.2) is 72.8 Å². The molecule has 3 rings (SSSR count). The summed E-state index contributed by atoms with van der Waals surface area (Å²) < 4.78 is 10.4. The second-order valence-electron chi connectivity index (χ2n) is 5.98. The van der Waals surface area contributed by atoms with Gasteiger partial charge in [-0.25, -0.2) is 4.79 Å². The van der Waals surface area contributed by atoms with Crippen molar-refractivity contribution in [1.29, 1.82) is 0 Å². The Morgan fingerprint density at radius 3 is 1.93 bits per heavy atom. The zero-order valence-corrected chi connectivity index (χ0v) is 16.9. The molecule has 6 heteroatoms. The van der Waals surface area contributed by atoms with Gasteiger partial charge in [-0.05, 0) is 72.8 Å². The van der Waals surface area contributed by atoms with Crippen molar-refractivity contribution in [1.82, 2.24) is 0 Å². The Labute approximate surface area is 178 Å². The third kappa shape index (κ3) is 5.25. The summed E-state index contributed by atoms with van der Waals surface area (Å²) in [6.07, 6.45) is 2.97. The first-order valence-electron chi connectivity index (χ1n) is 8.60. The SMILES string of the molecule is COc1ccc(C(=O)Oc2ccc(C(=O)/C=C/c3c(Cl)cccc3Cl)cc2)cc1. The number of hydrogen-bond donors (Lipinski definition) is 0. The molecule has 0 unspecified atom stereocenters. The summed E-state index contributed by atoms with van der Waals surface area (Å²) in [5.74, 6) is 0.255. The average Bonchev–Trinajstić information content (AvgIpc) is 2.73. The van der Waals surface area contributed by atoms with Gasteiger partial charge in [0.2, 0.25) is 0 Å². The van der Waals surface area contributed by atoms with Crippen LogP contribution >= 0.6 is 23.2 Å². The molecule has 3 aromatic rings. The Bertz CT molecular complexity index is 1030. The Morgan fingerprint density at radius 1 is 0.793 bits per heavy atom. The summed E-state index contributed by atoms with van der Waals surface area (Å²) in [6, 6.07) is 18.0. The summed E-state index contributed by atoms with van der Waals surface area (Å²) in [5, 5.41) is 0.921. The lowest BCUT2D eigenvalue weighted by atomic mass is 10.1. The van der Waals surface area contributed by atoms with Crippen LogP contribution in [-0.4, -0.2) is 18.9 Å². The van der Waals surface area contributed by atoms with Gasteiger partial charge in [0.1, 0.15) is 11.5 Å². The molecule has 0 N–H and O–H groups in total. The lowest BCUT2D eigenvalue weighted by Crippen LogP contribution is -2.08. The van der Waals surface area contributed by atoms with Gasteiger partial charge in [0.15, 0.2) is 5.78 Å². The number of benzene rings is 3. The standard InChI is InChI=1S/C23H16Cl2O4/c1-28-17-9-7-16(8-10-17)23(27)29-18-11-5-15(6-12-18)22(26)14-13-19-20(24)3-2-4-21(19)25/h2-14H,1H3/b14-13+. The predicted octanol–water partition coefficient (Wildman–Crippen LogP) is 6.12. The molecule has 0 aromatic heterocycles. The highest BCUT2D eigenvalue weighted by atomic mass is 35.5. The minimum Gasteiger partial charge on any atom is -0.497 e. The lowest BCUT2D eigenvalue weighted by molar-refractivity contribution is 0.0734. The first-order valence-corrected chi connectivity index (χ1v) is 9.36. The van der Waals surface area contributed by atoms with Gasteiger partial charge in [-0.2, -0.15) is 0 Å². The van der Waals surface area contributed by atoms with Crippen LogP contribution in [0.4, 0.5) is 0 Å². The number of esters is 1. The topological polar surface area (TPSA) is 52.6 Å². The molecule has 3 aromatic carbocycles. The highest BCUT2D eigenvalue weighted by molar-refractivity contribution is 6.37. The third-order valence-corrected chi connectivity index (χ3v) is 4.74. The second kappa shape index (κ2) is 9.41. The van der Waals surface area contributed by atoms with Crippen molar-refractivity contribution in [2.45, 2.75) is 0 Å². The Morgan fingerprint density at radius 2 is 1.34 bits per heavy atom. The maximum atomic E-state index is 12.4. The molecule has 29 heavy (non-hydrogen) atoms. The summed E-state index contributed by atoms with van der Waals surface area (Å²) >= 11 is 12.2. The zero-order chi connectivity index (χ0) is 20.8. The fourth-order valence-electron chi connectivity index (χ4n) is 2.51. The summed E-state index contributed by atoms with van der Waals surface area (Å²) in [4.78, 5) is 24.6. The summed E-state index contributed by atoms with van der Waals surface area (Å²) in [5.41, 5.74) is 1.41. The van der Waals surface area contributed by atoms with Crippen LogP contribution in [0.25, 0.3) is 6.08 Å².